The van der Waals surface area contributed by atoms with Gasteiger partial charge in [0.2, 0.25) is 5.95 Å². The minimum absolute atomic E-state index is 0.0650. The highest BCUT2D eigenvalue weighted by Crippen LogP contribution is 2.34. The molecule has 1 amide bonds. The number of H-pyrrole nitrogens is 1. The number of aromatic amines is 1. The fraction of sp³-hybridized carbons (Fsp3) is 0.154. The topological polar surface area (TPSA) is 127 Å². The van der Waals surface area contributed by atoms with Crippen molar-refractivity contribution in [3.63, 3.8) is 0 Å². The molecule has 0 saturated heterocycles. The van der Waals surface area contributed by atoms with E-state index in [-0.39, 0.29) is 17.4 Å². The van der Waals surface area contributed by atoms with Gasteiger partial charge < -0.3 is 15.8 Å². The normalized spacial score (nSPS) is 11.7. The maximum Gasteiger partial charge on any atom is 0.328 e. The number of nitrogens with two attached hydrogens (primary N) is 1. The molecule has 3 aromatic carbocycles. The number of nitrogens with one attached hydrogen (secondary N) is 2. The standard InChI is InChI=1S/C26H24N4O4S/c1-15-8-13-19-21(24(32)30-26(27)29-19)22(15)35-18-11-9-17(10-12-18)23(31)28-20(25(33)34-2)14-16-6-4-3-5-7-16/h3-13,20H,14H2,1-2H3,(H,28,31)(H3,27,29,30,32)/t20-/m0/s1. The van der Waals surface area contributed by atoms with Crippen LogP contribution >= 0.6 is 11.8 Å². The number of aromatic nitrogens is 2. The molecule has 178 valence electrons. The van der Waals surface area contributed by atoms with Gasteiger partial charge in [-0.3, -0.25) is 14.6 Å². The van der Waals surface area contributed by atoms with Gasteiger partial charge in [-0.05, 0) is 48.4 Å². The molecule has 8 nitrogen and oxygen atoms in total. The van der Waals surface area contributed by atoms with Crippen LogP contribution in [0.1, 0.15) is 21.5 Å². The van der Waals surface area contributed by atoms with Crippen molar-refractivity contribution in [2.75, 3.05) is 12.8 Å². The fourth-order valence-corrected chi connectivity index (χ4v) is 4.71. The summed E-state index contributed by atoms with van der Waals surface area (Å²) in [4.78, 5) is 46.0. The van der Waals surface area contributed by atoms with E-state index in [0.717, 1.165) is 20.9 Å². The number of rotatable bonds is 7. The molecule has 0 unspecified atom stereocenters. The van der Waals surface area contributed by atoms with E-state index in [1.54, 1.807) is 30.3 Å². The Morgan fingerprint density at radius 1 is 1.09 bits per heavy atom. The summed E-state index contributed by atoms with van der Waals surface area (Å²) in [6, 6.07) is 19.2. The van der Waals surface area contributed by atoms with E-state index in [2.05, 4.69) is 15.3 Å². The van der Waals surface area contributed by atoms with Gasteiger partial charge in [-0.15, -0.1) is 0 Å². The summed E-state index contributed by atoms with van der Waals surface area (Å²) in [6.45, 7) is 1.92. The summed E-state index contributed by atoms with van der Waals surface area (Å²) in [5.74, 6) is -0.833. The van der Waals surface area contributed by atoms with Crippen molar-refractivity contribution >= 4 is 40.5 Å². The van der Waals surface area contributed by atoms with Crippen LogP contribution in [0.4, 0.5) is 5.95 Å². The van der Waals surface area contributed by atoms with Crippen LogP contribution in [0.3, 0.4) is 0 Å². The number of carbonyl (C=O) groups excluding carboxylic acids is 2. The van der Waals surface area contributed by atoms with Crippen LogP contribution in [0, 0.1) is 6.92 Å². The number of nitrogen functional groups attached to an aromatic ring is 1. The second-order valence-corrected chi connectivity index (χ2v) is 9.01. The molecular weight excluding hydrogens is 464 g/mol. The van der Waals surface area contributed by atoms with Crippen molar-refractivity contribution < 1.29 is 14.3 Å². The number of ether oxygens (including phenoxy) is 1. The highest BCUT2D eigenvalue weighted by Gasteiger charge is 2.22. The molecule has 0 fully saturated rings. The van der Waals surface area contributed by atoms with Crippen LogP contribution < -0.4 is 16.6 Å². The summed E-state index contributed by atoms with van der Waals surface area (Å²) in [5, 5.41) is 3.23. The predicted octanol–water partition coefficient (Wildman–Crippen LogP) is 3.48. The molecule has 35 heavy (non-hydrogen) atoms. The summed E-state index contributed by atoms with van der Waals surface area (Å²) < 4.78 is 4.87. The monoisotopic (exact) mass is 488 g/mol. The molecule has 0 aliphatic heterocycles. The van der Waals surface area contributed by atoms with E-state index >= 15 is 0 Å². The molecule has 0 bridgehead atoms. The number of nitrogens with zero attached hydrogens (tertiary/aromatic N) is 1. The first kappa shape index (κ1) is 24.0. The SMILES string of the molecule is COC(=O)[C@H](Cc1ccccc1)NC(=O)c1ccc(Sc2c(C)ccc3nc(N)[nH]c(=O)c23)cc1. The number of methoxy groups -OCH3 is 1. The average molecular weight is 489 g/mol. The summed E-state index contributed by atoms with van der Waals surface area (Å²) >= 11 is 1.40. The van der Waals surface area contributed by atoms with Gasteiger partial charge in [0.25, 0.3) is 11.5 Å². The molecule has 4 aromatic rings. The summed E-state index contributed by atoms with van der Waals surface area (Å²) in [5.41, 5.74) is 8.12. The Labute approximate surface area is 205 Å². The summed E-state index contributed by atoms with van der Waals surface area (Å²) in [6.07, 6.45) is 0.320. The van der Waals surface area contributed by atoms with Crippen LogP contribution in [-0.2, 0) is 16.0 Å². The number of fused-ring (bicyclic) bond motifs is 1. The third-order valence-electron chi connectivity index (χ3n) is 5.45. The molecule has 0 aliphatic carbocycles. The predicted molar refractivity (Wildman–Crippen MR) is 135 cm³/mol. The van der Waals surface area contributed by atoms with Crippen molar-refractivity contribution in [2.24, 2.45) is 0 Å². The lowest BCUT2D eigenvalue weighted by Crippen LogP contribution is -2.43. The van der Waals surface area contributed by atoms with Gasteiger partial charge in [0.05, 0.1) is 18.0 Å². The Morgan fingerprint density at radius 2 is 1.80 bits per heavy atom. The first-order chi connectivity index (χ1) is 16.9. The molecule has 0 spiro atoms. The first-order valence-electron chi connectivity index (χ1n) is 10.9. The van der Waals surface area contributed by atoms with Crippen molar-refractivity contribution in [3.8, 4) is 0 Å². The molecule has 9 heteroatoms. The highest BCUT2D eigenvalue weighted by atomic mass is 32.2. The van der Waals surface area contributed by atoms with Crippen LogP contribution in [0.15, 0.2) is 81.3 Å². The Kier molecular flexibility index (Phi) is 7.17. The molecule has 1 aromatic heterocycles. The lowest BCUT2D eigenvalue weighted by Gasteiger charge is -2.17. The Morgan fingerprint density at radius 3 is 2.49 bits per heavy atom. The zero-order valence-corrected chi connectivity index (χ0v) is 20.0. The first-order valence-corrected chi connectivity index (χ1v) is 11.7. The van der Waals surface area contributed by atoms with Crippen LogP contribution in [0.5, 0.6) is 0 Å². The van der Waals surface area contributed by atoms with Crippen molar-refractivity contribution in [2.45, 2.75) is 29.2 Å². The van der Waals surface area contributed by atoms with Gasteiger partial charge in [0, 0.05) is 21.8 Å². The van der Waals surface area contributed by atoms with E-state index in [1.165, 1.54) is 18.9 Å². The quantitative estimate of drug-likeness (QED) is 0.340. The maximum atomic E-state index is 12.8. The van der Waals surface area contributed by atoms with E-state index < -0.39 is 12.0 Å². The van der Waals surface area contributed by atoms with Crippen molar-refractivity contribution in [3.05, 3.63) is 93.8 Å². The molecular formula is C26H24N4O4S. The average Bonchev–Trinajstić information content (AvgIpc) is 2.85. The smallest absolute Gasteiger partial charge is 0.328 e. The fourth-order valence-electron chi connectivity index (χ4n) is 3.68. The third kappa shape index (κ3) is 5.52. The third-order valence-corrected chi connectivity index (χ3v) is 6.69. The van der Waals surface area contributed by atoms with Crippen LogP contribution in [0.2, 0.25) is 0 Å². The second kappa shape index (κ2) is 10.4. The molecule has 4 N–H and O–H groups in total. The number of hydrogen-bond donors (Lipinski definition) is 3. The minimum Gasteiger partial charge on any atom is -0.467 e. The zero-order valence-electron chi connectivity index (χ0n) is 19.2. The van der Waals surface area contributed by atoms with Gasteiger partial charge in [-0.25, -0.2) is 9.78 Å². The molecule has 0 radical (unpaired) electrons. The van der Waals surface area contributed by atoms with Gasteiger partial charge in [0.15, 0.2) is 0 Å². The number of esters is 1. The van der Waals surface area contributed by atoms with Crippen molar-refractivity contribution in [1.29, 1.82) is 0 Å². The number of amides is 1. The lowest BCUT2D eigenvalue weighted by atomic mass is 10.1. The second-order valence-electron chi connectivity index (χ2n) is 7.92. The lowest BCUT2D eigenvalue weighted by molar-refractivity contribution is -0.142. The van der Waals surface area contributed by atoms with Gasteiger partial charge >= 0.3 is 5.97 Å². The number of carbonyl (C=O) groups is 2. The van der Waals surface area contributed by atoms with E-state index in [9.17, 15) is 14.4 Å². The number of aryl methyl sites for hydroxylation is 1. The highest BCUT2D eigenvalue weighted by molar-refractivity contribution is 7.99. The van der Waals surface area contributed by atoms with E-state index in [1.807, 2.05) is 43.3 Å². The molecule has 0 aliphatic rings. The minimum atomic E-state index is -0.811. The van der Waals surface area contributed by atoms with Gasteiger partial charge in [0.1, 0.15) is 6.04 Å². The van der Waals surface area contributed by atoms with Gasteiger partial charge in [-0.1, -0.05) is 48.2 Å². The maximum absolute atomic E-state index is 12.8. The van der Waals surface area contributed by atoms with Gasteiger partial charge in [-0.2, -0.15) is 0 Å². The van der Waals surface area contributed by atoms with Crippen molar-refractivity contribution in [1.82, 2.24) is 15.3 Å². The summed E-state index contributed by atoms with van der Waals surface area (Å²) in [7, 11) is 1.29. The number of hydrogen-bond acceptors (Lipinski definition) is 7. The molecule has 0 saturated carbocycles. The van der Waals surface area contributed by atoms with E-state index in [4.69, 9.17) is 10.5 Å². The Hall–Kier alpha value is -4.11. The largest absolute Gasteiger partial charge is 0.467 e. The number of anilines is 1. The number of benzene rings is 3. The van der Waals surface area contributed by atoms with Crippen LogP contribution in [0.25, 0.3) is 10.9 Å². The Balaban J connectivity index is 1.53. The Bertz CT molecular complexity index is 1440. The van der Waals surface area contributed by atoms with Crippen LogP contribution in [-0.4, -0.2) is 35.0 Å². The molecule has 1 atom stereocenters. The molecule has 1 heterocycles. The zero-order chi connectivity index (χ0) is 24.9. The van der Waals surface area contributed by atoms with E-state index in [0.29, 0.717) is 22.9 Å². The molecule has 4 rings (SSSR count).